The van der Waals surface area contributed by atoms with Crippen LogP contribution in [-0.4, -0.2) is 0 Å². The van der Waals surface area contributed by atoms with Crippen LogP contribution in [-0.2, 0) is 0 Å². The number of thiophene rings is 1. The molecule has 0 N–H and O–H groups in total. The molecule has 0 fully saturated rings. The molecule has 2 heterocycles. The summed E-state index contributed by atoms with van der Waals surface area (Å²) < 4.78 is 8.76. The standard InChI is InChI=1S/C54H35NOS/c1-2-8-36(9-3-1)37-14-16-38(17-15-37)39-18-26-44(27-19-39)55(45-28-20-40(21-29-45)42-24-32-52-49(34-42)47-10-4-6-12-51(47)56-52)46-30-22-41(23-31-46)43-25-33-54-50(35-43)48-11-5-7-13-53(48)57-54/h1-35H. The van der Waals surface area contributed by atoms with Crippen molar-refractivity contribution in [3.05, 3.63) is 212 Å². The van der Waals surface area contributed by atoms with E-state index in [1.807, 2.05) is 23.5 Å². The molecule has 0 amide bonds. The second-order valence-electron chi connectivity index (χ2n) is 14.5. The topological polar surface area (TPSA) is 16.4 Å². The second-order valence-corrected chi connectivity index (χ2v) is 15.6. The zero-order valence-corrected chi connectivity index (χ0v) is 31.8. The molecule has 57 heavy (non-hydrogen) atoms. The first kappa shape index (κ1) is 33.2. The number of benzene rings is 9. The average molecular weight is 746 g/mol. The Morgan fingerprint density at radius 1 is 0.281 bits per heavy atom. The second kappa shape index (κ2) is 13.8. The summed E-state index contributed by atoms with van der Waals surface area (Å²) in [5.74, 6) is 0. The molecule has 3 heteroatoms. The predicted molar refractivity (Wildman–Crippen MR) is 243 cm³/mol. The third-order valence-corrected chi connectivity index (χ3v) is 12.3. The first-order valence-electron chi connectivity index (χ1n) is 19.3. The summed E-state index contributed by atoms with van der Waals surface area (Å²) in [5.41, 5.74) is 14.7. The van der Waals surface area contributed by atoms with Crippen LogP contribution in [0.15, 0.2) is 217 Å². The molecule has 0 unspecified atom stereocenters. The number of fused-ring (bicyclic) bond motifs is 6. The van der Waals surface area contributed by atoms with Gasteiger partial charge in [0.15, 0.2) is 0 Å². The number of furan rings is 1. The van der Waals surface area contributed by atoms with Crippen LogP contribution in [0.2, 0.25) is 0 Å². The van der Waals surface area contributed by atoms with E-state index in [9.17, 15) is 0 Å². The van der Waals surface area contributed by atoms with Gasteiger partial charge >= 0.3 is 0 Å². The molecule has 11 rings (SSSR count). The quantitative estimate of drug-likeness (QED) is 0.162. The van der Waals surface area contributed by atoms with Crippen LogP contribution in [0.3, 0.4) is 0 Å². The minimum absolute atomic E-state index is 0.908. The van der Waals surface area contributed by atoms with Crippen molar-refractivity contribution in [2.24, 2.45) is 0 Å². The maximum Gasteiger partial charge on any atom is 0.135 e. The molecule has 2 nitrogen and oxygen atoms in total. The summed E-state index contributed by atoms with van der Waals surface area (Å²) in [6.45, 7) is 0. The van der Waals surface area contributed by atoms with Gasteiger partial charge in [-0.1, -0.05) is 140 Å². The lowest BCUT2D eigenvalue weighted by molar-refractivity contribution is 0.669. The van der Waals surface area contributed by atoms with E-state index in [2.05, 4.69) is 205 Å². The third-order valence-electron chi connectivity index (χ3n) is 11.1. The smallest absolute Gasteiger partial charge is 0.135 e. The molecule has 9 aromatic carbocycles. The van der Waals surface area contributed by atoms with Crippen LogP contribution < -0.4 is 4.90 Å². The fraction of sp³-hybridized carbons (Fsp3) is 0. The minimum atomic E-state index is 0.908. The Kier molecular flexibility index (Phi) is 8.04. The number of nitrogens with zero attached hydrogens (tertiary/aromatic N) is 1. The lowest BCUT2D eigenvalue weighted by Crippen LogP contribution is -2.09. The van der Waals surface area contributed by atoms with Gasteiger partial charge in [-0.3, -0.25) is 0 Å². The largest absolute Gasteiger partial charge is 0.456 e. The molecule has 0 aliphatic heterocycles. The SMILES string of the molecule is c1ccc(-c2ccc(-c3ccc(N(c4ccc(-c5ccc6oc7ccccc7c6c5)cc4)c4ccc(-c5ccc6sc7ccccc7c6c5)cc4)cc3)cc2)cc1. The van der Waals surface area contributed by atoms with Crippen LogP contribution in [0.25, 0.3) is 86.6 Å². The van der Waals surface area contributed by atoms with Gasteiger partial charge in [0, 0.05) is 48.0 Å². The Morgan fingerprint density at radius 3 is 1.30 bits per heavy atom. The van der Waals surface area contributed by atoms with Gasteiger partial charge < -0.3 is 9.32 Å². The van der Waals surface area contributed by atoms with Crippen molar-refractivity contribution in [2.45, 2.75) is 0 Å². The zero-order chi connectivity index (χ0) is 37.7. The van der Waals surface area contributed by atoms with Crippen LogP contribution in [0.1, 0.15) is 0 Å². The van der Waals surface area contributed by atoms with Crippen LogP contribution in [0.5, 0.6) is 0 Å². The number of para-hydroxylation sites is 1. The molecule has 0 saturated heterocycles. The summed E-state index contributed by atoms with van der Waals surface area (Å²) in [4.78, 5) is 2.35. The zero-order valence-electron chi connectivity index (χ0n) is 31.0. The van der Waals surface area contributed by atoms with Gasteiger partial charge in [-0.05, 0) is 117 Å². The number of anilines is 3. The van der Waals surface area contributed by atoms with Crippen LogP contribution >= 0.6 is 11.3 Å². The summed E-state index contributed by atoms with van der Waals surface area (Å²) in [5, 5.41) is 4.91. The molecular weight excluding hydrogens is 711 g/mol. The minimum Gasteiger partial charge on any atom is -0.456 e. The number of rotatable bonds is 7. The summed E-state index contributed by atoms with van der Waals surface area (Å²) in [6.07, 6.45) is 0. The third kappa shape index (κ3) is 6.06. The van der Waals surface area contributed by atoms with E-state index in [1.165, 1.54) is 53.6 Å². The van der Waals surface area contributed by atoms with E-state index in [4.69, 9.17) is 4.42 Å². The molecule has 0 radical (unpaired) electrons. The average Bonchev–Trinajstić information content (AvgIpc) is 3.85. The Balaban J connectivity index is 0.948. The van der Waals surface area contributed by atoms with Gasteiger partial charge in [-0.15, -0.1) is 11.3 Å². The molecule has 0 saturated carbocycles. The molecule has 0 aliphatic rings. The maximum atomic E-state index is 6.11. The highest BCUT2D eigenvalue weighted by molar-refractivity contribution is 7.25. The summed E-state index contributed by atoms with van der Waals surface area (Å²) in [7, 11) is 0. The van der Waals surface area contributed by atoms with Gasteiger partial charge in [0.25, 0.3) is 0 Å². The van der Waals surface area contributed by atoms with Crippen molar-refractivity contribution in [1.29, 1.82) is 0 Å². The molecule has 0 aliphatic carbocycles. The van der Waals surface area contributed by atoms with Gasteiger partial charge in [-0.25, -0.2) is 0 Å². The highest BCUT2D eigenvalue weighted by Crippen LogP contribution is 2.40. The summed E-state index contributed by atoms with van der Waals surface area (Å²) >= 11 is 1.86. The fourth-order valence-corrected chi connectivity index (χ4v) is 9.24. The highest BCUT2D eigenvalue weighted by Gasteiger charge is 2.15. The molecule has 0 atom stereocenters. The Hall–Kier alpha value is -7.20. The van der Waals surface area contributed by atoms with E-state index < -0.39 is 0 Å². The Morgan fingerprint density at radius 2 is 0.684 bits per heavy atom. The summed E-state index contributed by atoms with van der Waals surface area (Å²) in [6, 6.07) is 76.5. The fourth-order valence-electron chi connectivity index (χ4n) is 8.15. The van der Waals surface area contributed by atoms with E-state index >= 15 is 0 Å². The Bertz CT molecular complexity index is 3040. The van der Waals surface area contributed by atoms with E-state index in [1.54, 1.807) is 0 Å². The van der Waals surface area contributed by atoms with Crippen molar-refractivity contribution < 1.29 is 4.42 Å². The van der Waals surface area contributed by atoms with Gasteiger partial charge in [0.1, 0.15) is 11.2 Å². The van der Waals surface area contributed by atoms with Crippen molar-refractivity contribution in [3.8, 4) is 44.5 Å². The first-order valence-corrected chi connectivity index (χ1v) is 20.1. The van der Waals surface area contributed by atoms with Crippen molar-refractivity contribution >= 4 is 70.5 Å². The van der Waals surface area contributed by atoms with Gasteiger partial charge in [0.2, 0.25) is 0 Å². The number of hydrogen-bond acceptors (Lipinski definition) is 3. The monoisotopic (exact) mass is 745 g/mol. The van der Waals surface area contributed by atoms with Crippen molar-refractivity contribution in [3.63, 3.8) is 0 Å². The lowest BCUT2D eigenvalue weighted by atomic mass is 9.99. The van der Waals surface area contributed by atoms with E-state index in [0.717, 1.165) is 50.1 Å². The molecule has 2 aromatic heterocycles. The lowest BCUT2D eigenvalue weighted by Gasteiger charge is -2.26. The van der Waals surface area contributed by atoms with E-state index in [-0.39, 0.29) is 0 Å². The predicted octanol–water partition coefficient (Wildman–Crippen LogP) is 16.1. The molecule has 0 bridgehead atoms. The van der Waals surface area contributed by atoms with Crippen LogP contribution in [0.4, 0.5) is 17.1 Å². The van der Waals surface area contributed by atoms with Crippen molar-refractivity contribution in [2.75, 3.05) is 4.90 Å². The molecule has 268 valence electrons. The molecular formula is C54H35NOS. The first-order chi connectivity index (χ1) is 28.2. The molecule has 0 spiro atoms. The number of hydrogen-bond donors (Lipinski definition) is 0. The van der Waals surface area contributed by atoms with Crippen LogP contribution in [0, 0.1) is 0 Å². The van der Waals surface area contributed by atoms with Gasteiger partial charge in [0.05, 0.1) is 0 Å². The molecule has 11 aromatic rings. The highest BCUT2D eigenvalue weighted by atomic mass is 32.1. The normalized spacial score (nSPS) is 11.5. The maximum absolute atomic E-state index is 6.11. The van der Waals surface area contributed by atoms with Gasteiger partial charge in [-0.2, -0.15) is 0 Å². The van der Waals surface area contributed by atoms with E-state index in [0.29, 0.717) is 0 Å². The Labute approximate surface area is 335 Å². The van der Waals surface area contributed by atoms with Crippen molar-refractivity contribution in [1.82, 2.24) is 0 Å².